The Morgan fingerprint density at radius 3 is 2.52 bits per heavy atom. The highest BCUT2D eigenvalue weighted by Crippen LogP contribution is 2.32. The monoisotopic (exact) mass is 427 g/mol. The Kier molecular flexibility index (Phi) is 7.04. The van der Waals surface area contributed by atoms with E-state index in [4.69, 9.17) is 11.6 Å². The molecule has 0 saturated carbocycles. The van der Waals surface area contributed by atoms with Gasteiger partial charge in [0.1, 0.15) is 11.4 Å². The number of pyridine rings is 1. The number of carbonyl (C=O) groups is 1. The number of hydrogen-bond donors (Lipinski definition) is 1. The Morgan fingerprint density at radius 1 is 1.28 bits per heavy atom. The van der Waals surface area contributed by atoms with Crippen molar-refractivity contribution in [3.63, 3.8) is 0 Å². The number of nitrogens with zero attached hydrogens (tertiary/aromatic N) is 2. The normalized spacial score (nSPS) is 14.7. The van der Waals surface area contributed by atoms with Gasteiger partial charge in [0.25, 0.3) is 6.47 Å². The third-order valence-corrected chi connectivity index (χ3v) is 4.39. The Morgan fingerprint density at radius 2 is 1.96 bits per heavy atom. The quantitative estimate of drug-likeness (QED) is 0.732. The largest absolute Gasteiger partial charge is 0.462 e. The smallest absolute Gasteiger partial charge is 0.293 e. The molecule has 0 radical (unpaired) electrons. The van der Waals surface area contributed by atoms with E-state index < -0.39 is 0 Å². The third-order valence-electron chi connectivity index (χ3n) is 3.60. The van der Waals surface area contributed by atoms with Crippen LogP contribution in [0.25, 0.3) is 10.8 Å². The molecule has 1 saturated heterocycles. The molecule has 2 aromatic rings. The first-order chi connectivity index (χ1) is 11.8. The summed E-state index contributed by atoms with van der Waals surface area (Å²) in [6, 6.07) is 6.14. The molecular formula is C18H23BrClN3O2. The molecule has 1 aromatic heterocycles. The van der Waals surface area contributed by atoms with Gasteiger partial charge in [-0.2, -0.15) is 0 Å². The van der Waals surface area contributed by atoms with Crippen LogP contribution in [0.1, 0.15) is 20.8 Å². The number of fused-ring (bicyclic) bond motifs is 1. The fourth-order valence-electron chi connectivity index (χ4n) is 2.44. The van der Waals surface area contributed by atoms with E-state index in [1.165, 1.54) is 0 Å². The molecule has 3 rings (SSSR count). The summed E-state index contributed by atoms with van der Waals surface area (Å²) in [5.74, 6) is 1.03. The van der Waals surface area contributed by atoms with Crippen molar-refractivity contribution in [2.75, 3.05) is 31.1 Å². The molecule has 7 heteroatoms. The van der Waals surface area contributed by atoms with Crippen molar-refractivity contribution >= 4 is 50.6 Å². The van der Waals surface area contributed by atoms with Gasteiger partial charge >= 0.3 is 0 Å². The van der Waals surface area contributed by atoms with Crippen LogP contribution in [0.4, 0.5) is 5.82 Å². The maximum absolute atomic E-state index is 9.60. The molecule has 1 aliphatic rings. The van der Waals surface area contributed by atoms with Crippen LogP contribution in [-0.2, 0) is 9.53 Å². The first-order valence-corrected chi connectivity index (χ1v) is 9.30. The summed E-state index contributed by atoms with van der Waals surface area (Å²) in [7, 11) is 0. The van der Waals surface area contributed by atoms with E-state index in [9.17, 15) is 4.79 Å². The van der Waals surface area contributed by atoms with Crippen molar-refractivity contribution in [2.24, 2.45) is 0 Å². The van der Waals surface area contributed by atoms with Crippen LogP contribution in [-0.4, -0.2) is 43.2 Å². The lowest BCUT2D eigenvalue weighted by molar-refractivity contribution is -0.138. The summed E-state index contributed by atoms with van der Waals surface area (Å²) < 4.78 is 5.60. The third kappa shape index (κ3) is 5.83. The van der Waals surface area contributed by atoms with E-state index in [1.54, 1.807) is 6.20 Å². The maximum Gasteiger partial charge on any atom is 0.293 e. The van der Waals surface area contributed by atoms with Gasteiger partial charge in [-0.1, -0.05) is 33.6 Å². The summed E-state index contributed by atoms with van der Waals surface area (Å²) in [5, 5.41) is 6.22. The Labute approximate surface area is 161 Å². The fraction of sp³-hybridized carbons (Fsp3) is 0.444. The Hall–Kier alpha value is -1.37. The molecule has 1 aliphatic heterocycles. The molecule has 1 aromatic carbocycles. The summed E-state index contributed by atoms with van der Waals surface area (Å²) in [5.41, 5.74) is -0.318. The number of halogens is 2. The van der Waals surface area contributed by atoms with Gasteiger partial charge in [-0.3, -0.25) is 4.79 Å². The maximum atomic E-state index is 9.60. The molecule has 0 spiro atoms. The van der Waals surface area contributed by atoms with Gasteiger partial charge in [0.15, 0.2) is 0 Å². The van der Waals surface area contributed by atoms with E-state index in [0.717, 1.165) is 47.2 Å². The van der Waals surface area contributed by atoms with Gasteiger partial charge in [-0.15, -0.1) is 0 Å². The Bertz CT molecular complexity index is 728. The van der Waals surface area contributed by atoms with Crippen molar-refractivity contribution in [2.45, 2.75) is 26.4 Å². The van der Waals surface area contributed by atoms with E-state index >= 15 is 0 Å². The number of benzene rings is 1. The lowest BCUT2D eigenvalue weighted by Crippen LogP contribution is -2.44. The second kappa shape index (κ2) is 8.83. The standard InChI is InChI=1S/C13H13BrClN3.C5H10O2/c14-9-1-2-10-11(7-9)13(17-8-12(10)15)18-5-3-16-4-6-18;1-5(2,3)7-4-6/h1-2,7-8,16H,3-6H2;4H,1-3H3. The Balaban J connectivity index is 0.000000277. The van der Waals surface area contributed by atoms with Crippen LogP contribution in [0.15, 0.2) is 28.9 Å². The van der Waals surface area contributed by atoms with Gasteiger partial charge in [0, 0.05) is 47.6 Å². The summed E-state index contributed by atoms with van der Waals surface area (Å²) in [6.07, 6.45) is 1.75. The highest BCUT2D eigenvalue weighted by molar-refractivity contribution is 9.10. The predicted molar refractivity (Wildman–Crippen MR) is 106 cm³/mol. The van der Waals surface area contributed by atoms with E-state index in [2.05, 4.69) is 41.9 Å². The lowest BCUT2D eigenvalue weighted by Gasteiger charge is -2.29. The van der Waals surface area contributed by atoms with Gasteiger partial charge in [0.2, 0.25) is 0 Å². The predicted octanol–water partition coefficient (Wildman–Crippen LogP) is 4.02. The summed E-state index contributed by atoms with van der Waals surface area (Å²) >= 11 is 9.73. The molecular weight excluding hydrogens is 406 g/mol. The molecule has 0 unspecified atom stereocenters. The summed E-state index contributed by atoms with van der Waals surface area (Å²) in [4.78, 5) is 16.4. The van der Waals surface area contributed by atoms with Crippen molar-refractivity contribution in [3.05, 3.63) is 33.9 Å². The molecule has 136 valence electrons. The van der Waals surface area contributed by atoms with E-state index in [1.807, 2.05) is 32.9 Å². The van der Waals surface area contributed by atoms with Crippen LogP contribution >= 0.6 is 27.5 Å². The van der Waals surface area contributed by atoms with Crippen LogP contribution in [0.2, 0.25) is 5.02 Å². The number of anilines is 1. The van der Waals surface area contributed by atoms with E-state index in [-0.39, 0.29) is 5.60 Å². The second-order valence-corrected chi connectivity index (χ2v) is 8.01. The minimum Gasteiger partial charge on any atom is -0.462 e. The van der Waals surface area contributed by atoms with Gasteiger partial charge in [-0.05, 0) is 32.9 Å². The molecule has 0 bridgehead atoms. The van der Waals surface area contributed by atoms with Crippen LogP contribution in [0.3, 0.4) is 0 Å². The molecule has 2 heterocycles. The zero-order chi connectivity index (χ0) is 18.4. The number of nitrogens with one attached hydrogen (secondary N) is 1. The fourth-order valence-corrected chi connectivity index (χ4v) is 3.01. The average molecular weight is 429 g/mol. The SMILES string of the molecule is CC(C)(C)OC=O.Clc1cnc(N2CCNCC2)c2cc(Br)ccc12. The number of ether oxygens (including phenoxy) is 1. The van der Waals surface area contributed by atoms with Gasteiger partial charge in [-0.25, -0.2) is 4.98 Å². The zero-order valence-electron chi connectivity index (χ0n) is 14.7. The van der Waals surface area contributed by atoms with Crippen molar-refractivity contribution in [1.29, 1.82) is 0 Å². The van der Waals surface area contributed by atoms with E-state index in [0.29, 0.717) is 11.5 Å². The number of carbonyl (C=O) groups excluding carboxylic acids is 1. The highest BCUT2D eigenvalue weighted by atomic mass is 79.9. The number of rotatable bonds is 2. The zero-order valence-corrected chi connectivity index (χ0v) is 17.0. The van der Waals surface area contributed by atoms with Gasteiger partial charge < -0.3 is 15.0 Å². The van der Waals surface area contributed by atoms with Crippen LogP contribution < -0.4 is 10.2 Å². The molecule has 25 heavy (non-hydrogen) atoms. The lowest BCUT2D eigenvalue weighted by atomic mass is 10.1. The number of hydrogen-bond acceptors (Lipinski definition) is 5. The van der Waals surface area contributed by atoms with Crippen molar-refractivity contribution < 1.29 is 9.53 Å². The van der Waals surface area contributed by atoms with Gasteiger partial charge in [0.05, 0.1) is 5.02 Å². The molecule has 1 fully saturated rings. The highest BCUT2D eigenvalue weighted by Gasteiger charge is 2.15. The molecule has 1 N–H and O–H groups in total. The van der Waals surface area contributed by atoms with Crippen molar-refractivity contribution in [3.8, 4) is 0 Å². The summed E-state index contributed by atoms with van der Waals surface area (Å²) in [6.45, 7) is 9.89. The second-order valence-electron chi connectivity index (χ2n) is 6.68. The first-order valence-electron chi connectivity index (χ1n) is 8.13. The minimum absolute atomic E-state index is 0.318. The number of aromatic nitrogens is 1. The van der Waals surface area contributed by atoms with Crippen molar-refractivity contribution in [1.82, 2.24) is 10.3 Å². The van der Waals surface area contributed by atoms with Crippen LogP contribution in [0, 0.1) is 0 Å². The minimum atomic E-state index is -0.318. The van der Waals surface area contributed by atoms with Crippen LogP contribution in [0.5, 0.6) is 0 Å². The first kappa shape index (κ1) is 19.9. The average Bonchev–Trinajstić information content (AvgIpc) is 2.55. The molecule has 5 nitrogen and oxygen atoms in total. The molecule has 0 aliphatic carbocycles. The topological polar surface area (TPSA) is 54.5 Å². The molecule has 0 atom stereocenters. The molecule has 0 amide bonds. The number of piperazine rings is 1.